The maximum absolute atomic E-state index is 13.7. The van der Waals surface area contributed by atoms with Crippen LogP contribution in [0.3, 0.4) is 0 Å². The van der Waals surface area contributed by atoms with Crippen molar-refractivity contribution in [1.82, 2.24) is 0 Å². The fraction of sp³-hybridized carbons (Fsp3) is 0.205. The van der Waals surface area contributed by atoms with Crippen LogP contribution in [0.4, 0.5) is 22.7 Å². The Morgan fingerprint density at radius 2 is 1.41 bits per heavy atom. The molecule has 1 atom stereocenters. The summed E-state index contributed by atoms with van der Waals surface area (Å²) in [7, 11) is 0. The van der Waals surface area contributed by atoms with Gasteiger partial charge in [0.2, 0.25) is 0 Å². The van der Waals surface area contributed by atoms with Gasteiger partial charge in [-0.15, -0.1) is 0 Å². The number of benzene rings is 5. The maximum atomic E-state index is 13.7. The number of carbonyl (C=O) groups is 1. The molecule has 2 heterocycles. The molecule has 1 unspecified atom stereocenters. The molecule has 0 saturated heterocycles. The molecule has 0 fully saturated rings. The quantitative estimate of drug-likeness (QED) is 0.207. The van der Waals surface area contributed by atoms with Crippen molar-refractivity contribution in [2.24, 2.45) is 0 Å². The van der Waals surface area contributed by atoms with E-state index < -0.39 is 5.60 Å². The number of esters is 1. The van der Waals surface area contributed by atoms with Crippen molar-refractivity contribution in [2.45, 2.75) is 52.6 Å². The molecule has 0 saturated carbocycles. The summed E-state index contributed by atoms with van der Waals surface area (Å²) in [4.78, 5) is 13.7. The average Bonchev–Trinajstić information content (AvgIpc) is 3.28. The van der Waals surface area contributed by atoms with Gasteiger partial charge < -0.3 is 20.1 Å². The SMILES string of the molecule is Cc1ccc(Nc2cc3c(cc2C(C)(C)C)Oc2cccc(Nc4ccc(C)cc4C)c2C32OC(=O)c3ccccc32)cc1. The van der Waals surface area contributed by atoms with E-state index >= 15 is 0 Å². The summed E-state index contributed by atoms with van der Waals surface area (Å²) in [5, 5.41) is 7.34. The van der Waals surface area contributed by atoms with E-state index in [2.05, 4.69) is 107 Å². The number of anilines is 4. The summed E-state index contributed by atoms with van der Waals surface area (Å²) < 4.78 is 13.3. The Morgan fingerprint density at radius 1 is 0.659 bits per heavy atom. The van der Waals surface area contributed by atoms with Crippen LogP contribution in [0.1, 0.15) is 70.1 Å². The number of aryl methyl sites for hydroxylation is 3. The Bertz CT molecular complexity index is 1950. The van der Waals surface area contributed by atoms with E-state index in [1.54, 1.807) is 0 Å². The molecule has 5 aromatic carbocycles. The van der Waals surface area contributed by atoms with Crippen LogP contribution < -0.4 is 15.4 Å². The minimum Gasteiger partial charge on any atom is -0.456 e. The van der Waals surface area contributed by atoms with Crippen molar-refractivity contribution in [3.05, 3.63) is 142 Å². The van der Waals surface area contributed by atoms with E-state index in [-0.39, 0.29) is 11.4 Å². The molecule has 44 heavy (non-hydrogen) atoms. The first-order valence-corrected chi connectivity index (χ1v) is 15.1. The molecule has 220 valence electrons. The van der Waals surface area contributed by atoms with E-state index in [9.17, 15) is 4.79 Å². The summed E-state index contributed by atoms with van der Waals surface area (Å²) in [5.74, 6) is 0.967. The van der Waals surface area contributed by atoms with Gasteiger partial charge in [0.05, 0.1) is 16.8 Å². The van der Waals surface area contributed by atoms with Crippen LogP contribution in [0, 0.1) is 20.8 Å². The molecular weight excluding hydrogens is 544 g/mol. The lowest BCUT2D eigenvalue weighted by atomic mass is 9.75. The molecule has 0 aromatic heterocycles. The predicted molar refractivity (Wildman–Crippen MR) is 177 cm³/mol. The summed E-state index contributed by atoms with van der Waals surface area (Å²) >= 11 is 0. The molecule has 5 heteroatoms. The van der Waals surface area contributed by atoms with E-state index in [0.29, 0.717) is 17.1 Å². The highest BCUT2D eigenvalue weighted by molar-refractivity contribution is 5.98. The smallest absolute Gasteiger partial charge is 0.340 e. The van der Waals surface area contributed by atoms with Crippen LogP contribution in [0.15, 0.2) is 97.1 Å². The Kier molecular flexibility index (Phi) is 6.33. The Hall–Kier alpha value is -5.03. The van der Waals surface area contributed by atoms with Gasteiger partial charge in [-0.25, -0.2) is 4.79 Å². The third-order valence-electron chi connectivity index (χ3n) is 8.66. The highest BCUT2D eigenvalue weighted by atomic mass is 16.6. The number of fused-ring (bicyclic) bond motifs is 6. The third kappa shape index (κ3) is 4.43. The molecule has 0 radical (unpaired) electrons. The minimum atomic E-state index is -1.22. The number of carbonyl (C=O) groups excluding carboxylic acids is 1. The molecule has 2 aliphatic rings. The van der Waals surface area contributed by atoms with Crippen LogP contribution >= 0.6 is 0 Å². The fourth-order valence-corrected chi connectivity index (χ4v) is 6.49. The molecule has 5 nitrogen and oxygen atoms in total. The lowest BCUT2D eigenvalue weighted by molar-refractivity contribution is 0.0227. The van der Waals surface area contributed by atoms with Gasteiger partial charge in [0.1, 0.15) is 11.5 Å². The number of hydrogen-bond acceptors (Lipinski definition) is 5. The average molecular weight is 581 g/mol. The largest absolute Gasteiger partial charge is 0.456 e. The van der Waals surface area contributed by atoms with Crippen LogP contribution in [0.5, 0.6) is 11.5 Å². The summed E-state index contributed by atoms with van der Waals surface area (Å²) in [5.41, 5.74) is 9.80. The predicted octanol–water partition coefficient (Wildman–Crippen LogP) is 9.96. The normalized spacial score (nSPS) is 16.5. The van der Waals surface area contributed by atoms with Crippen molar-refractivity contribution in [3.8, 4) is 11.5 Å². The third-order valence-corrected chi connectivity index (χ3v) is 8.66. The zero-order valence-corrected chi connectivity index (χ0v) is 26.0. The first-order valence-electron chi connectivity index (χ1n) is 15.1. The summed E-state index contributed by atoms with van der Waals surface area (Å²) in [6, 6.07) is 32.6. The van der Waals surface area contributed by atoms with Gasteiger partial charge in [0, 0.05) is 28.2 Å². The van der Waals surface area contributed by atoms with Crippen LogP contribution in [-0.4, -0.2) is 5.97 Å². The first kappa shape index (κ1) is 27.8. The lowest BCUT2D eigenvalue weighted by Gasteiger charge is -2.39. The highest BCUT2D eigenvalue weighted by Gasteiger charge is 2.55. The minimum absolute atomic E-state index is 0.199. The van der Waals surface area contributed by atoms with Crippen molar-refractivity contribution in [2.75, 3.05) is 10.6 Å². The fourth-order valence-electron chi connectivity index (χ4n) is 6.49. The van der Waals surface area contributed by atoms with Crippen molar-refractivity contribution >= 4 is 28.7 Å². The van der Waals surface area contributed by atoms with Crippen LogP contribution in [-0.2, 0) is 15.8 Å². The van der Waals surface area contributed by atoms with Crippen LogP contribution in [0.2, 0.25) is 0 Å². The van der Waals surface area contributed by atoms with Crippen LogP contribution in [0.25, 0.3) is 0 Å². The Morgan fingerprint density at radius 3 is 2.16 bits per heavy atom. The van der Waals surface area contributed by atoms with Gasteiger partial charge in [-0.1, -0.05) is 80.4 Å². The second kappa shape index (κ2) is 10.0. The van der Waals surface area contributed by atoms with Crippen molar-refractivity contribution < 1.29 is 14.3 Å². The van der Waals surface area contributed by atoms with Gasteiger partial charge in [-0.05, 0) is 85.8 Å². The van der Waals surface area contributed by atoms with Gasteiger partial charge in [0.25, 0.3) is 0 Å². The van der Waals surface area contributed by atoms with Gasteiger partial charge >= 0.3 is 5.97 Å². The molecule has 0 aliphatic carbocycles. The zero-order valence-electron chi connectivity index (χ0n) is 26.0. The highest BCUT2D eigenvalue weighted by Crippen LogP contribution is 2.59. The molecule has 7 rings (SSSR count). The Balaban J connectivity index is 1.50. The molecule has 1 spiro atoms. The molecule has 2 N–H and O–H groups in total. The number of hydrogen-bond donors (Lipinski definition) is 2. The van der Waals surface area contributed by atoms with E-state index in [1.807, 2.05) is 42.5 Å². The maximum Gasteiger partial charge on any atom is 0.340 e. The van der Waals surface area contributed by atoms with Crippen molar-refractivity contribution in [3.63, 3.8) is 0 Å². The second-order valence-electron chi connectivity index (χ2n) is 13.0. The van der Waals surface area contributed by atoms with E-state index in [1.165, 1.54) is 11.1 Å². The number of rotatable bonds is 4. The lowest BCUT2D eigenvalue weighted by Crippen LogP contribution is -2.34. The summed E-state index contributed by atoms with van der Waals surface area (Å²) in [6.45, 7) is 12.8. The van der Waals surface area contributed by atoms with Gasteiger partial charge in [-0.2, -0.15) is 0 Å². The number of ether oxygens (including phenoxy) is 2. The molecule has 0 bridgehead atoms. The van der Waals surface area contributed by atoms with Crippen molar-refractivity contribution in [1.29, 1.82) is 0 Å². The summed E-state index contributed by atoms with van der Waals surface area (Å²) in [6.07, 6.45) is 0. The standard InChI is InChI=1S/C39H36N2O3/c1-23-14-17-26(18-15-23)40-33-21-30-35(22-29(33)38(4,5)6)43-34-13-9-12-32(41-31-19-16-24(2)20-25(31)3)36(34)39(30)28-11-8-7-10-27(28)37(42)44-39/h7-22,40-41H,1-6H3. The molecule has 5 aromatic rings. The molecule has 0 amide bonds. The van der Waals surface area contributed by atoms with Gasteiger partial charge in [-0.3, -0.25) is 0 Å². The second-order valence-corrected chi connectivity index (χ2v) is 13.0. The van der Waals surface area contributed by atoms with E-state index in [0.717, 1.165) is 50.6 Å². The molecular formula is C39H36N2O3. The molecule has 2 aliphatic heterocycles. The first-order chi connectivity index (χ1) is 21.0. The van der Waals surface area contributed by atoms with E-state index in [4.69, 9.17) is 9.47 Å². The monoisotopic (exact) mass is 580 g/mol. The number of nitrogens with one attached hydrogen (secondary N) is 2. The Labute approximate surface area is 258 Å². The van der Waals surface area contributed by atoms with Gasteiger partial charge in [0.15, 0.2) is 5.60 Å². The topological polar surface area (TPSA) is 59.6 Å². The zero-order chi connectivity index (χ0) is 30.8.